The van der Waals surface area contributed by atoms with Crippen LogP contribution in [0, 0.1) is 6.92 Å². The molecule has 1 N–H and O–H groups in total. The Morgan fingerprint density at radius 1 is 1.00 bits per heavy atom. The van der Waals surface area contributed by atoms with Crippen molar-refractivity contribution in [3.63, 3.8) is 0 Å². The van der Waals surface area contributed by atoms with Crippen LogP contribution >= 0.6 is 0 Å². The summed E-state index contributed by atoms with van der Waals surface area (Å²) in [6, 6.07) is 25.1. The van der Waals surface area contributed by atoms with E-state index >= 15 is 0 Å². The number of para-hydroxylation sites is 1. The number of nitrogens with zero attached hydrogens (tertiary/aromatic N) is 2. The zero-order valence-electron chi connectivity index (χ0n) is 17.7. The molecule has 3 aromatic carbocycles. The molecule has 0 aliphatic carbocycles. The lowest BCUT2D eigenvalue weighted by Crippen LogP contribution is -2.24. The second kappa shape index (κ2) is 10.2. The second-order valence-corrected chi connectivity index (χ2v) is 7.26. The molecule has 1 aromatic heterocycles. The van der Waals surface area contributed by atoms with E-state index in [1.165, 1.54) is 5.56 Å². The first-order valence-electron chi connectivity index (χ1n) is 10.2. The Kier molecular flexibility index (Phi) is 6.72. The Balaban J connectivity index is 1.25. The minimum atomic E-state index is -0.354. The van der Waals surface area contributed by atoms with E-state index in [2.05, 4.69) is 34.6 Å². The van der Waals surface area contributed by atoms with Gasteiger partial charge in [-0.1, -0.05) is 48.0 Å². The van der Waals surface area contributed by atoms with E-state index in [0.29, 0.717) is 12.4 Å². The number of amides is 1. The number of hydrogen-bond donors (Lipinski definition) is 1. The number of fused-ring (bicyclic) bond motifs is 1. The van der Waals surface area contributed by atoms with Gasteiger partial charge in [-0.05, 0) is 54.4 Å². The zero-order valence-corrected chi connectivity index (χ0v) is 17.7. The molecule has 0 aliphatic heterocycles. The SMILES string of the molecule is Cc1cccc(COc2ccc(/C=N/NC(=O)COc3cccc4cccnc34)cc2)c1. The first-order valence-corrected chi connectivity index (χ1v) is 10.2. The van der Waals surface area contributed by atoms with Gasteiger partial charge in [0.05, 0.1) is 6.21 Å². The number of nitrogens with one attached hydrogen (secondary N) is 1. The van der Waals surface area contributed by atoms with Crippen LogP contribution in [0.3, 0.4) is 0 Å². The summed E-state index contributed by atoms with van der Waals surface area (Å²) in [6.07, 6.45) is 3.26. The molecule has 4 rings (SSSR count). The summed E-state index contributed by atoms with van der Waals surface area (Å²) in [4.78, 5) is 16.4. The van der Waals surface area contributed by atoms with Crippen LogP contribution in [-0.2, 0) is 11.4 Å². The summed E-state index contributed by atoms with van der Waals surface area (Å²) >= 11 is 0. The molecule has 4 aromatic rings. The van der Waals surface area contributed by atoms with Crippen molar-refractivity contribution in [3.05, 3.63) is 102 Å². The van der Waals surface area contributed by atoms with Crippen molar-refractivity contribution in [2.24, 2.45) is 5.10 Å². The molecule has 6 nitrogen and oxygen atoms in total. The fraction of sp³-hybridized carbons (Fsp3) is 0.115. The van der Waals surface area contributed by atoms with E-state index in [4.69, 9.17) is 9.47 Å². The normalized spacial score (nSPS) is 10.9. The standard InChI is InChI=1S/C26H23N3O3/c1-19-5-2-6-21(15-19)17-31-23-12-10-20(11-13-23)16-28-29-25(30)18-32-24-9-3-7-22-8-4-14-27-26(22)24/h2-16H,17-18H2,1H3,(H,29,30)/b28-16+. The van der Waals surface area contributed by atoms with E-state index in [1.54, 1.807) is 18.5 Å². The summed E-state index contributed by atoms with van der Waals surface area (Å²) in [5, 5.41) is 4.94. The minimum Gasteiger partial charge on any atom is -0.489 e. The van der Waals surface area contributed by atoms with Gasteiger partial charge in [-0.15, -0.1) is 0 Å². The number of carbonyl (C=O) groups excluding carboxylic acids is 1. The molecule has 0 fully saturated rings. The van der Waals surface area contributed by atoms with E-state index < -0.39 is 0 Å². The number of pyridine rings is 1. The summed E-state index contributed by atoms with van der Waals surface area (Å²) in [6.45, 7) is 2.42. The van der Waals surface area contributed by atoms with Crippen LogP contribution in [0.5, 0.6) is 11.5 Å². The summed E-state index contributed by atoms with van der Waals surface area (Å²) < 4.78 is 11.4. The maximum atomic E-state index is 12.1. The number of aryl methyl sites for hydroxylation is 1. The zero-order chi connectivity index (χ0) is 22.2. The predicted octanol–water partition coefficient (Wildman–Crippen LogP) is 4.65. The van der Waals surface area contributed by atoms with Crippen molar-refractivity contribution in [2.75, 3.05) is 6.61 Å². The van der Waals surface area contributed by atoms with Crippen molar-refractivity contribution in [3.8, 4) is 11.5 Å². The first kappa shape index (κ1) is 21.1. The van der Waals surface area contributed by atoms with Crippen LogP contribution in [0.4, 0.5) is 0 Å². The molecule has 0 atom stereocenters. The molecule has 0 unspecified atom stereocenters. The van der Waals surface area contributed by atoms with Crippen molar-refractivity contribution in [1.29, 1.82) is 0 Å². The van der Waals surface area contributed by atoms with Crippen molar-refractivity contribution < 1.29 is 14.3 Å². The van der Waals surface area contributed by atoms with Crippen LogP contribution in [0.1, 0.15) is 16.7 Å². The average molecular weight is 425 g/mol. The Labute approximate surface area is 186 Å². The van der Waals surface area contributed by atoms with Gasteiger partial charge in [-0.2, -0.15) is 5.10 Å². The van der Waals surface area contributed by atoms with Gasteiger partial charge in [0.2, 0.25) is 0 Å². The second-order valence-electron chi connectivity index (χ2n) is 7.26. The lowest BCUT2D eigenvalue weighted by Gasteiger charge is -2.08. The quantitative estimate of drug-likeness (QED) is 0.329. The van der Waals surface area contributed by atoms with Crippen LogP contribution in [0.25, 0.3) is 10.9 Å². The molecule has 0 saturated heterocycles. The fourth-order valence-electron chi connectivity index (χ4n) is 3.17. The number of carbonyl (C=O) groups is 1. The highest BCUT2D eigenvalue weighted by Gasteiger charge is 2.06. The van der Waals surface area contributed by atoms with Gasteiger partial charge >= 0.3 is 0 Å². The van der Waals surface area contributed by atoms with E-state index in [-0.39, 0.29) is 12.5 Å². The van der Waals surface area contributed by atoms with E-state index in [9.17, 15) is 4.79 Å². The fourth-order valence-corrected chi connectivity index (χ4v) is 3.17. The third kappa shape index (κ3) is 5.70. The molecule has 32 heavy (non-hydrogen) atoms. The highest BCUT2D eigenvalue weighted by atomic mass is 16.5. The van der Waals surface area contributed by atoms with E-state index in [0.717, 1.165) is 27.8 Å². The van der Waals surface area contributed by atoms with Crippen LogP contribution < -0.4 is 14.9 Å². The largest absolute Gasteiger partial charge is 0.489 e. The molecule has 6 heteroatoms. The highest BCUT2D eigenvalue weighted by Crippen LogP contribution is 2.22. The van der Waals surface area contributed by atoms with Crippen LogP contribution in [0.2, 0.25) is 0 Å². The first-order chi connectivity index (χ1) is 15.7. The van der Waals surface area contributed by atoms with Gasteiger partial charge in [0.25, 0.3) is 5.91 Å². The Hall–Kier alpha value is -4.19. The summed E-state index contributed by atoms with van der Waals surface area (Å²) in [5.41, 5.74) is 6.36. The number of hydrazone groups is 1. The Morgan fingerprint density at radius 2 is 1.81 bits per heavy atom. The highest BCUT2D eigenvalue weighted by molar-refractivity contribution is 5.85. The molecular weight excluding hydrogens is 402 g/mol. The predicted molar refractivity (Wildman–Crippen MR) is 125 cm³/mol. The van der Waals surface area contributed by atoms with E-state index in [1.807, 2.05) is 60.7 Å². The number of aromatic nitrogens is 1. The number of rotatable bonds is 8. The lowest BCUT2D eigenvalue weighted by molar-refractivity contribution is -0.123. The summed E-state index contributed by atoms with van der Waals surface area (Å²) in [7, 11) is 0. The van der Waals surface area contributed by atoms with Crippen molar-refractivity contribution >= 4 is 23.0 Å². The van der Waals surface area contributed by atoms with Gasteiger partial charge in [0, 0.05) is 11.6 Å². The minimum absolute atomic E-state index is 0.154. The van der Waals surface area contributed by atoms with Gasteiger partial charge in [-0.25, -0.2) is 5.43 Å². The number of ether oxygens (including phenoxy) is 2. The third-order valence-corrected chi connectivity index (χ3v) is 4.73. The maximum absolute atomic E-state index is 12.1. The topological polar surface area (TPSA) is 72.8 Å². The Morgan fingerprint density at radius 3 is 2.66 bits per heavy atom. The molecule has 0 radical (unpaired) electrons. The van der Waals surface area contributed by atoms with Gasteiger partial charge < -0.3 is 9.47 Å². The molecule has 160 valence electrons. The molecule has 0 bridgehead atoms. The molecule has 0 aliphatic rings. The smallest absolute Gasteiger partial charge is 0.277 e. The molecule has 0 spiro atoms. The van der Waals surface area contributed by atoms with Crippen LogP contribution in [-0.4, -0.2) is 23.7 Å². The monoisotopic (exact) mass is 425 g/mol. The third-order valence-electron chi connectivity index (χ3n) is 4.73. The average Bonchev–Trinajstić information content (AvgIpc) is 2.82. The van der Waals surface area contributed by atoms with Crippen molar-refractivity contribution in [2.45, 2.75) is 13.5 Å². The van der Waals surface area contributed by atoms with Gasteiger partial charge in [0.15, 0.2) is 6.61 Å². The lowest BCUT2D eigenvalue weighted by atomic mass is 10.1. The maximum Gasteiger partial charge on any atom is 0.277 e. The molecule has 1 heterocycles. The molecule has 0 saturated carbocycles. The molecule has 1 amide bonds. The summed E-state index contributed by atoms with van der Waals surface area (Å²) in [5.74, 6) is 0.973. The number of hydrogen-bond acceptors (Lipinski definition) is 5. The van der Waals surface area contributed by atoms with Gasteiger partial charge in [-0.3, -0.25) is 9.78 Å². The molecular formula is C26H23N3O3. The number of benzene rings is 3. The van der Waals surface area contributed by atoms with Crippen molar-refractivity contribution in [1.82, 2.24) is 10.4 Å². The Bertz CT molecular complexity index is 1230. The van der Waals surface area contributed by atoms with Gasteiger partial charge in [0.1, 0.15) is 23.6 Å². The van der Waals surface area contributed by atoms with Crippen LogP contribution in [0.15, 0.2) is 90.2 Å².